The van der Waals surface area contributed by atoms with E-state index in [9.17, 15) is 59.4 Å². The van der Waals surface area contributed by atoms with Crippen LogP contribution in [0.15, 0.2) is 0 Å². The zero-order valence-electron chi connectivity index (χ0n) is 13.0. The predicted molar refractivity (Wildman–Crippen MR) is 58.4 cm³/mol. The first kappa shape index (κ1) is 29.2. The molecule has 14 nitrogen and oxygen atoms in total. The summed E-state index contributed by atoms with van der Waals surface area (Å²) < 4.78 is 0. The summed E-state index contributed by atoms with van der Waals surface area (Å²) in [6, 6.07) is 0. The number of hydrogen-bond acceptors (Lipinski definition) is 14. The Morgan fingerprint density at radius 2 is 0.667 bits per heavy atom. The average Bonchev–Trinajstić information content (AvgIpc) is 2.34. The van der Waals surface area contributed by atoms with Gasteiger partial charge in [0.2, 0.25) is 0 Å². The normalized spacial score (nSPS) is 10.4. The van der Waals surface area contributed by atoms with Crippen LogP contribution in [0.4, 0.5) is 0 Å². The molecule has 0 bridgehead atoms. The SMILES string of the molecule is O=C([O-])CC(O)(CC(=O)[O-])C(=O)[O-].O=C([O-])CC(O)(CC(=O)[O-])C(=O)[O-].[Mo]. The van der Waals surface area contributed by atoms with Crippen LogP contribution in [-0.4, -0.2) is 57.2 Å². The molecule has 0 radical (unpaired) electrons. The molecule has 0 aromatic rings. The first-order valence-electron chi connectivity index (χ1n) is 6.23. The van der Waals surface area contributed by atoms with Crippen molar-refractivity contribution in [1.29, 1.82) is 0 Å². The molecule has 2 N–H and O–H groups in total. The molecule has 0 unspecified atom stereocenters. The van der Waals surface area contributed by atoms with Crippen molar-refractivity contribution in [1.82, 2.24) is 0 Å². The van der Waals surface area contributed by atoms with E-state index in [0.717, 1.165) is 0 Å². The summed E-state index contributed by atoms with van der Waals surface area (Å²) in [6.45, 7) is 0. The fourth-order valence-corrected chi connectivity index (χ4v) is 1.37. The van der Waals surface area contributed by atoms with Gasteiger partial charge in [0.05, 0.1) is 11.9 Å². The van der Waals surface area contributed by atoms with Gasteiger partial charge in [0.1, 0.15) is 11.2 Å². The monoisotopic (exact) mass is 476 g/mol. The van der Waals surface area contributed by atoms with E-state index in [0.29, 0.717) is 0 Å². The maximum Gasteiger partial charge on any atom is 0.114 e. The van der Waals surface area contributed by atoms with E-state index in [4.69, 9.17) is 10.2 Å². The van der Waals surface area contributed by atoms with Gasteiger partial charge in [0.25, 0.3) is 0 Å². The topological polar surface area (TPSA) is 281 Å². The number of carboxylic acid groups (broad SMARTS) is 6. The van der Waals surface area contributed by atoms with Crippen molar-refractivity contribution in [3.05, 3.63) is 0 Å². The molecule has 154 valence electrons. The Bertz CT molecular complexity index is 513. The Hall–Kier alpha value is -2.57. The minimum absolute atomic E-state index is 0. The van der Waals surface area contributed by atoms with Crippen LogP contribution in [0.5, 0.6) is 0 Å². The molecule has 0 aromatic heterocycles. The van der Waals surface area contributed by atoms with Gasteiger partial charge in [0.15, 0.2) is 0 Å². The number of carbonyl (C=O) groups is 6. The molecule has 0 heterocycles. The second-order valence-corrected chi connectivity index (χ2v) is 4.83. The molecule has 0 spiro atoms. The zero-order chi connectivity index (χ0) is 21.3. The van der Waals surface area contributed by atoms with Gasteiger partial charge >= 0.3 is 0 Å². The van der Waals surface area contributed by atoms with Crippen molar-refractivity contribution < 1.29 is 90.7 Å². The van der Waals surface area contributed by atoms with Crippen LogP contribution >= 0.6 is 0 Å². The van der Waals surface area contributed by atoms with E-state index >= 15 is 0 Å². The van der Waals surface area contributed by atoms with Gasteiger partial charge in [-0.05, 0) is 0 Å². The Labute approximate surface area is 163 Å². The molecule has 0 aromatic carbocycles. The van der Waals surface area contributed by atoms with Crippen molar-refractivity contribution in [2.24, 2.45) is 0 Å². The van der Waals surface area contributed by atoms with Gasteiger partial charge in [-0.2, -0.15) is 0 Å². The molecule has 27 heavy (non-hydrogen) atoms. The quantitative estimate of drug-likeness (QED) is 0.278. The number of rotatable bonds is 10. The standard InChI is InChI=1S/2C6H8O7.Mo/c2*7-3(8)1-6(13,5(11)12)2-4(9)10;/h2*13H,1-2H2,(H,7,8)(H,9,10)(H,11,12);/p-6. The minimum Gasteiger partial charge on any atom is -0.550 e. The van der Waals surface area contributed by atoms with Gasteiger partial charge in [-0.15, -0.1) is 0 Å². The van der Waals surface area contributed by atoms with Crippen molar-refractivity contribution in [3.63, 3.8) is 0 Å². The van der Waals surface area contributed by atoms with Crippen molar-refractivity contribution in [3.8, 4) is 0 Å². The van der Waals surface area contributed by atoms with Crippen LogP contribution in [-0.2, 0) is 49.8 Å². The number of carboxylic acids is 6. The summed E-state index contributed by atoms with van der Waals surface area (Å²) in [5.74, 6) is -12.0. The Morgan fingerprint density at radius 1 is 0.519 bits per heavy atom. The molecule has 0 rings (SSSR count). The van der Waals surface area contributed by atoms with E-state index in [1.54, 1.807) is 0 Å². The van der Waals surface area contributed by atoms with Crippen molar-refractivity contribution >= 4 is 35.8 Å². The predicted octanol–water partition coefficient (Wildman–Crippen LogP) is -10.5. The Kier molecular flexibility index (Phi) is 12.9. The molecule has 0 aliphatic carbocycles. The third-order valence-electron chi connectivity index (χ3n) is 2.51. The van der Waals surface area contributed by atoms with E-state index < -0.39 is 72.7 Å². The van der Waals surface area contributed by atoms with Gasteiger partial charge in [0, 0.05) is 70.6 Å². The first-order chi connectivity index (χ1) is 11.6. The van der Waals surface area contributed by atoms with Crippen LogP contribution in [0, 0.1) is 0 Å². The molecular weight excluding hydrogens is 464 g/mol. The molecule has 0 amide bonds. The zero-order valence-corrected chi connectivity index (χ0v) is 15.0. The smallest absolute Gasteiger partial charge is 0.114 e. The molecule has 0 fully saturated rings. The average molecular weight is 474 g/mol. The molecule has 15 heteroatoms. The fraction of sp³-hybridized carbons (Fsp3) is 0.500. The summed E-state index contributed by atoms with van der Waals surface area (Å²) in [5.41, 5.74) is -5.95. The molecular formula is C12H10MoO14-6. The van der Waals surface area contributed by atoms with Gasteiger partial charge in [-0.25, -0.2) is 0 Å². The summed E-state index contributed by atoms with van der Waals surface area (Å²) in [6.07, 6.45) is -5.43. The number of aliphatic carboxylic acids is 6. The number of aliphatic hydroxyl groups is 2. The van der Waals surface area contributed by atoms with E-state index in [1.165, 1.54) is 0 Å². The molecule has 0 saturated carbocycles. The van der Waals surface area contributed by atoms with Crippen LogP contribution in [0.1, 0.15) is 25.7 Å². The van der Waals surface area contributed by atoms with Gasteiger partial charge in [-0.3, -0.25) is 0 Å². The summed E-state index contributed by atoms with van der Waals surface area (Å²) in [7, 11) is 0. The number of hydrogen-bond donors (Lipinski definition) is 2. The van der Waals surface area contributed by atoms with Crippen LogP contribution in [0.25, 0.3) is 0 Å². The molecule has 0 aliphatic heterocycles. The molecule has 0 aliphatic rings. The Morgan fingerprint density at radius 3 is 0.741 bits per heavy atom. The van der Waals surface area contributed by atoms with Crippen LogP contribution in [0.2, 0.25) is 0 Å². The molecule has 0 atom stereocenters. The molecule has 0 saturated heterocycles. The van der Waals surface area contributed by atoms with Crippen molar-refractivity contribution in [2.45, 2.75) is 36.9 Å². The maximum absolute atomic E-state index is 10.1. The third-order valence-corrected chi connectivity index (χ3v) is 2.51. The maximum atomic E-state index is 10.1. The fourth-order valence-electron chi connectivity index (χ4n) is 1.37. The van der Waals surface area contributed by atoms with Crippen molar-refractivity contribution in [2.75, 3.05) is 0 Å². The largest absolute Gasteiger partial charge is 0.550 e. The summed E-state index contributed by atoms with van der Waals surface area (Å²) in [4.78, 5) is 60.0. The Balaban J connectivity index is -0.000000411. The van der Waals surface area contributed by atoms with Crippen LogP contribution in [0.3, 0.4) is 0 Å². The second-order valence-electron chi connectivity index (χ2n) is 4.83. The first-order valence-corrected chi connectivity index (χ1v) is 6.23. The summed E-state index contributed by atoms with van der Waals surface area (Å²) in [5, 5.41) is 77.9. The third kappa shape index (κ3) is 12.4. The number of carbonyl (C=O) groups excluding carboxylic acids is 6. The van der Waals surface area contributed by atoms with Crippen LogP contribution < -0.4 is 30.6 Å². The van der Waals surface area contributed by atoms with E-state index in [2.05, 4.69) is 0 Å². The van der Waals surface area contributed by atoms with E-state index in [1.807, 2.05) is 0 Å². The minimum atomic E-state index is -2.97. The van der Waals surface area contributed by atoms with E-state index in [-0.39, 0.29) is 21.1 Å². The van der Waals surface area contributed by atoms with Gasteiger partial charge in [-0.1, -0.05) is 0 Å². The summed E-state index contributed by atoms with van der Waals surface area (Å²) >= 11 is 0. The van der Waals surface area contributed by atoms with Gasteiger partial charge < -0.3 is 69.6 Å². The second kappa shape index (κ2) is 11.9.